The van der Waals surface area contributed by atoms with Gasteiger partial charge >= 0.3 is 0 Å². The van der Waals surface area contributed by atoms with Gasteiger partial charge in [0.2, 0.25) is 0 Å². The van der Waals surface area contributed by atoms with Gasteiger partial charge in [0.05, 0.1) is 6.10 Å². The zero-order chi connectivity index (χ0) is 15.0. The predicted molar refractivity (Wildman–Crippen MR) is 92.5 cm³/mol. The fourth-order valence-corrected chi connectivity index (χ4v) is 3.66. The van der Waals surface area contributed by atoms with Crippen LogP contribution < -0.4 is 10.2 Å². The molecule has 2 fully saturated rings. The van der Waals surface area contributed by atoms with Crippen molar-refractivity contribution in [1.82, 2.24) is 5.32 Å². The zero-order valence-electron chi connectivity index (χ0n) is 13.7. The molecule has 3 nitrogen and oxygen atoms in total. The summed E-state index contributed by atoms with van der Waals surface area (Å²) in [6, 6.07) is 11.4. The van der Waals surface area contributed by atoms with Gasteiger partial charge in [0.15, 0.2) is 0 Å². The molecular weight excluding hydrogens is 272 g/mol. The van der Waals surface area contributed by atoms with Gasteiger partial charge in [-0.05, 0) is 44.4 Å². The van der Waals surface area contributed by atoms with Crippen molar-refractivity contribution in [2.45, 2.75) is 57.1 Å². The minimum absolute atomic E-state index is 0.550. The second kappa shape index (κ2) is 8.54. The Labute approximate surface area is 135 Å². The first-order valence-electron chi connectivity index (χ1n) is 9.07. The molecular formula is C19H30N2O. The monoisotopic (exact) mass is 302 g/mol. The van der Waals surface area contributed by atoms with Crippen LogP contribution in [-0.2, 0) is 4.74 Å². The lowest BCUT2D eigenvalue weighted by Crippen LogP contribution is -2.33. The van der Waals surface area contributed by atoms with Crippen LogP contribution in [0.1, 0.15) is 44.9 Å². The first-order chi connectivity index (χ1) is 10.9. The molecule has 1 saturated carbocycles. The normalized spacial score (nSPS) is 23.1. The Kier molecular flexibility index (Phi) is 6.14. The van der Waals surface area contributed by atoms with Crippen molar-refractivity contribution in [1.29, 1.82) is 0 Å². The molecule has 0 aromatic heterocycles. The summed E-state index contributed by atoms with van der Waals surface area (Å²) in [5.74, 6) is 0. The number of benzene rings is 1. The van der Waals surface area contributed by atoms with E-state index in [1.165, 1.54) is 50.8 Å². The Morgan fingerprint density at radius 3 is 2.68 bits per heavy atom. The van der Waals surface area contributed by atoms with E-state index in [-0.39, 0.29) is 0 Å². The zero-order valence-corrected chi connectivity index (χ0v) is 13.7. The predicted octanol–water partition coefficient (Wildman–Crippen LogP) is 3.59. The highest BCUT2D eigenvalue weighted by Crippen LogP contribution is 2.21. The topological polar surface area (TPSA) is 24.5 Å². The molecule has 122 valence electrons. The molecule has 0 unspecified atom stereocenters. The van der Waals surface area contributed by atoms with Gasteiger partial charge in [-0.15, -0.1) is 0 Å². The van der Waals surface area contributed by atoms with Crippen LogP contribution in [0.4, 0.5) is 5.69 Å². The molecule has 3 heteroatoms. The van der Waals surface area contributed by atoms with Crippen molar-refractivity contribution in [3.05, 3.63) is 30.3 Å². The highest BCUT2D eigenvalue weighted by atomic mass is 16.5. The molecule has 0 amide bonds. The molecule has 1 aliphatic heterocycles. The van der Waals surface area contributed by atoms with E-state index >= 15 is 0 Å². The van der Waals surface area contributed by atoms with Crippen LogP contribution >= 0.6 is 0 Å². The molecule has 1 atom stereocenters. The molecule has 1 N–H and O–H groups in total. The van der Waals surface area contributed by atoms with E-state index in [1.54, 1.807) is 0 Å². The minimum atomic E-state index is 0.550. The van der Waals surface area contributed by atoms with E-state index in [0.717, 1.165) is 26.1 Å². The van der Waals surface area contributed by atoms with Crippen LogP contribution in [0.2, 0.25) is 0 Å². The van der Waals surface area contributed by atoms with Crippen LogP contribution in [0.15, 0.2) is 30.3 Å². The maximum Gasteiger partial charge on any atom is 0.0575 e. The van der Waals surface area contributed by atoms with Crippen molar-refractivity contribution < 1.29 is 4.74 Å². The SMILES string of the molecule is c1ccc(N2CC[C@@H](NCCCOC3CCCCC3)C2)cc1. The van der Waals surface area contributed by atoms with Crippen molar-refractivity contribution in [3.63, 3.8) is 0 Å². The average molecular weight is 302 g/mol. The summed E-state index contributed by atoms with van der Waals surface area (Å²) in [4.78, 5) is 2.48. The molecule has 1 aromatic rings. The van der Waals surface area contributed by atoms with Gasteiger partial charge < -0.3 is 15.0 Å². The molecule has 1 heterocycles. The van der Waals surface area contributed by atoms with Crippen LogP contribution in [0.25, 0.3) is 0 Å². The number of nitrogens with one attached hydrogen (secondary N) is 1. The summed E-state index contributed by atoms with van der Waals surface area (Å²) in [7, 11) is 0. The lowest BCUT2D eigenvalue weighted by atomic mass is 9.98. The molecule has 2 aliphatic rings. The van der Waals surface area contributed by atoms with Gasteiger partial charge in [-0.1, -0.05) is 37.5 Å². The van der Waals surface area contributed by atoms with Crippen molar-refractivity contribution in [2.75, 3.05) is 31.1 Å². The summed E-state index contributed by atoms with van der Waals surface area (Å²) in [6.45, 7) is 4.31. The van der Waals surface area contributed by atoms with Gasteiger partial charge in [0.1, 0.15) is 0 Å². The number of nitrogens with zero attached hydrogens (tertiary/aromatic N) is 1. The molecule has 1 aliphatic carbocycles. The molecule has 0 spiro atoms. The first-order valence-corrected chi connectivity index (χ1v) is 9.07. The van der Waals surface area contributed by atoms with Gasteiger partial charge in [0, 0.05) is 31.4 Å². The first kappa shape index (κ1) is 15.8. The van der Waals surface area contributed by atoms with Crippen LogP contribution in [0.3, 0.4) is 0 Å². The largest absolute Gasteiger partial charge is 0.378 e. The van der Waals surface area contributed by atoms with E-state index in [4.69, 9.17) is 4.74 Å². The maximum atomic E-state index is 5.99. The number of hydrogen-bond donors (Lipinski definition) is 1. The Hall–Kier alpha value is -1.06. The van der Waals surface area contributed by atoms with Crippen molar-refractivity contribution >= 4 is 5.69 Å². The van der Waals surface area contributed by atoms with Gasteiger partial charge in [-0.3, -0.25) is 0 Å². The molecule has 0 bridgehead atoms. The van der Waals surface area contributed by atoms with Crippen LogP contribution in [-0.4, -0.2) is 38.4 Å². The molecule has 1 aromatic carbocycles. The standard InChI is InChI=1S/C19H30N2O/c1-3-8-18(9-4-1)21-14-12-17(16-21)20-13-7-15-22-19-10-5-2-6-11-19/h1,3-4,8-9,17,19-20H,2,5-7,10-16H2/t17-/m1/s1. The van der Waals surface area contributed by atoms with Crippen LogP contribution in [0, 0.1) is 0 Å². The number of hydrogen-bond acceptors (Lipinski definition) is 3. The third-order valence-corrected chi connectivity index (χ3v) is 4.97. The average Bonchev–Trinajstić information content (AvgIpc) is 3.05. The van der Waals surface area contributed by atoms with E-state index in [9.17, 15) is 0 Å². The van der Waals surface area contributed by atoms with Crippen molar-refractivity contribution in [3.8, 4) is 0 Å². The minimum Gasteiger partial charge on any atom is -0.378 e. The third kappa shape index (κ3) is 4.72. The quantitative estimate of drug-likeness (QED) is 0.779. The lowest BCUT2D eigenvalue weighted by molar-refractivity contribution is 0.0271. The Bertz CT molecular complexity index is 417. The summed E-state index contributed by atoms with van der Waals surface area (Å²) < 4.78 is 5.99. The highest BCUT2D eigenvalue weighted by molar-refractivity contribution is 5.47. The van der Waals surface area contributed by atoms with Crippen molar-refractivity contribution in [2.24, 2.45) is 0 Å². The Morgan fingerprint density at radius 1 is 1.05 bits per heavy atom. The summed E-state index contributed by atoms with van der Waals surface area (Å²) >= 11 is 0. The van der Waals surface area contributed by atoms with E-state index < -0.39 is 0 Å². The number of rotatable bonds is 7. The Balaban J connectivity index is 1.27. The second-order valence-electron chi connectivity index (χ2n) is 6.71. The number of para-hydroxylation sites is 1. The summed E-state index contributed by atoms with van der Waals surface area (Å²) in [6.07, 6.45) is 9.62. The van der Waals surface area contributed by atoms with Gasteiger partial charge in [0.25, 0.3) is 0 Å². The summed E-state index contributed by atoms with van der Waals surface area (Å²) in [5, 5.41) is 3.70. The number of ether oxygens (including phenoxy) is 1. The van der Waals surface area contributed by atoms with Gasteiger partial charge in [-0.2, -0.15) is 0 Å². The van der Waals surface area contributed by atoms with Gasteiger partial charge in [-0.25, -0.2) is 0 Å². The van der Waals surface area contributed by atoms with E-state index in [0.29, 0.717) is 12.1 Å². The molecule has 1 saturated heterocycles. The molecule has 0 radical (unpaired) electrons. The smallest absolute Gasteiger partial charge is 0.0575 e. The molecule has 3 rings (SSSR count). The fraction of sp³-hybridized carbons (Fsp3) is 0.684. The third-order valence-electron chi connectivity index (χ3n) is 4.97. The maximum absolute atomic E-state index is 5.99. The fourth-order valence-electron chi connectivity index (χ4n) is 3.66. The Morgan fingerprint density at radius 2 is 1.86 bits per heavy atom. The lowest BCUT2D eigenvalue weighted by Gasteiger charge is -2.22. The molecule has 22 heavy (non-hydrogen) atoms. The second-order valence-corrected chi connectivity index (χ2v) is 6.71. The highest BCUT2D eigenvalue weighted by Gasteiger charge is 2.21. The van der Waals surface area contributed by atoms with E-state index in [2.05, 4.69) is 40.5 Å². The van der Waals surface area contributed by atoms with E-state index in [1.807, 2.05) is 0 Å². The summed E-state index contributed by atoms with van der Waals surface area (Å²) in [5.41, 5.74) is 1.35. The van der Waals surface area contributed by atoms with Crippen LogP contribution in [0.5, 0.6) is 0 Å². The number of anilines is 1.